The lowest BCUT2D eigenvalue weighted by atomic mass is 10.1. The van der Waals surface area contributed by atoms with Crippen LogP contribution >= 0.6 is 0 Å². The average molecular weight is 245 g/mol. The van der Waals surface area contributed by atoms with E-state index >= 15 is 0 Å². The molecule has 4 nitrogen and oxygen atoms in total. The number of carbonyl (C=O) groups is 1. The first kappa shape index (κ1) is 12.4. The van der Waals surface area contributed by atoms with Gasteiger partial charge in [0.1, 0.15) is 5.76 Å². The molecule has 1 aromatic carbocycles. The van der Waals surface area contributed by atoms with Gasteiger partial charge in [-0.15, -0.1) is 0 Å². The van der Waals surface area contributed by atoms with Crippen LogP contribution < -0.4 is 5.48 Å². The molecule has 1 N–H and O–H groups in total. The number of carbonyl (C=O) groups excluding carboxylic acids is 1. The van der Waals surface area contributed by atoms with Crippen molar-refractivity contribution < 1.29 is 14.0 Å². The van der Waals surface area contributed by atoms with Crippen LogP contribution in [0.5, 0.6) is 0 Å². The Balaban J connectivity index is 2.34. The fourth-order valence-corrected chi connectivity index (χ4v) is 1.71. The van der Waals surface area contributed by atoms with Gasteiger partial charge < -0.3 is 4.42 Å². The van der Waals surface area contributed by atoms with Crippen molar-refractivity contribution in [2.24, 2.45) is 0 Å². The van der Waals surface area contributed by atoms with Crippen molar-refractivity contribution in [3.05, 3.63) is 47.2 Å². The van der Waals surface area contributed by atoms with E-state index in [9.17, 15) is 4.79 Å². The highest BCUT2D eigenvalue weighted by Crippen LogP contribution is 2.25. The summed E-state index contributed by atoms with van der Waals surface area (Å²) in [6, 6.07) is 9.77. The number of furan rings is 1. The molecule has 94 valence electrons. The molecule has 0 aliphatic heterocycles. The highest BCUT2D eigenvalue weighted by Gasteiger charge is 2.16. The van der Waals surface area contributed by atoms with E-state index in [-0.39, 0.29) is 11.7 Å². The van der Waals surface area contributed by atoms with Gasteiger partial charge in [-0.3, -0.25) is 9.63 Å². The Morgan fingerprint density at radius 2 is 1.89 bits per heavy atom. The lowest BCUT2D eigenvalue weighted by molar-refractivity contribution is 0.0509. The van der Waals surface area contributed by atoms with E-state index in [1.807, 2.05) is 44.2 Å². The van der Waals surface area contributed by atoms with E-state index < -0.39 is 0 Å². The number of amides is 1. The van der Waals surface area contributed by atoms with Gasteiger partial charge >= 0.3 is 5.91 Å². The van der Waals surface area contributed by atoms with Crippen molar-refractivity contribution in [1.29, 1.82) is 0 Å². The predicted molar refractivity (Wildman–Crippen MR) is 68.1 cm³/mol. The van der Waals surface area contributed by atoms with Crippen LogP contribution in [0.1, 0.15) is 21.7 Å². The van der Waals surface area contributed by atoms with Crippen LogP contribution in [0.4, 0.5) is 0 Å². The normalized spacial score (nSPS) is 10.4. The molecule has 0 aliphatic carbocycles. The van der Waals surface area contributed by atoms with Gasteiger partial charge in [0.05, 0.1) is 7.11 Å². The fraction of sp³-hybridized carbons (Fsp3) is 0.214. The molecule has 18 heavy (non-hydrogen) atoms. The van der Waals surface area contributed by atoms with Crippen molar-refractivity contribution in [2.75, 3.05) is 7.11 Å². The molecule has 0 fully saturated rings. The zero-order valence-corrected chi connectivity index (χ0v) is 10.6. The summed E-state index contributed by atoms with van der Waals surface area (Å²) in [6.07, 6.45) is 0. The highest BCUT2D eigenvalue weighted by atomic mass is 16.6. The summed E-state index contributed by atoms with van der Waals surface area (Å²) < 4.78 is 5.56. The van der Waals surface area contributed by atoms with Gasteiger partial charge in [0.25, 0.3) is 0 Å². The summed E-state index contributed by atoms with van der Waals surface area (Å²) in [6.45, 7) is 3.85. The molecule has 0 spiro atoms. The van der Waals surface area contributed by atoms with E-state index in [0.29, 0.717) is 5.76 Å². The molecule has 2 aromatic rings. The third kappa shape index (κ3) is 2.43. The second kappa shape index (κ2) is 5.06. The largest absolute Gasteiger partial charge is 0.451 e. The Labute approximate surface area is 106 Å². The molecule has 1 aromatic heterocycles. The molecule has 1 heterocycles. The summed E-state index contributed by atoms with van der Waals surface area (Å²) in [5.41, 5.74) is 5.15. The second-order valence-electron chi connectivity index (χ2n) is 4.12. The van der Waals surface area contributed by atoms with Crippen LogP contribution in [0.25, 0.3) is 11.3 Å². The summed E-state index contributed by atoms with van der Waals surface area (Å²) in [5.74, 6) is 0.564. The van der Waals surface area contributed by atoms with E-state index in [1.54, 1.807) is 0 Å². The Morgan fingerprint density at radius 1 is 1.22 bits per heavy atom. The summed E-state index contributed by atoms with van der Waals surface area (Å²) >= 11 is 0. The maximum Gasteiger partial charge on any atom is 0.310 e. The molecule has 0 bridgehead atoms. The minimum atomic E-state index is -0.381. The van der Waals surface area contributed by atoms with Crippen molar-refractivity contribution in [3.63, 3.8) is 0 Å². The number of benzene rings is 1. The Hall–Kier alpha value is -2.07. The van der Waals surface area contributed by atoms with Crippen LogP contribution in [0.2, 0.25) is 0 Å². The summed E-state index contributed by atoms with van der Waals surface area (Å²) in [4.78, 5) is 16.2. The third-order valence-electron chi connectivity index (χ3n) is 2.65. The number of hydrogen-bond acceptors (Lipinski definition) is 3. The van der Waals surface area contributed by atoms with Crippen molar-refractivity contribution >= 4 is 5.91 Å². The molecule has 1 amide bonds. The Kier molecular flexibility index (Phi) is 3.48. The van der Waals surface area contributed by atoms with E-state index in [4.69, 9.17) is 4.42 Å². The van der Waals surface area contributed by atoms with Gasteiger partial charge in [0.15, 0.2) is 5.76 Å². The lowest BCUT2D eigenvalue weighted by Gasteiger charge is -2.00. The van der Waals surface area contributed by atoms with Gasteiger partial charge in [0, 0.05) is 11.1 Å². The van der Waals surface area contributed by atoms with Crippen LogP contribution in [0.15, 0.2) is 34.7 Å². The molecule has 2 rings (SSSR count). The number of hydroxylamine groups is 1. The zero-order chi connectivity index (χ0) is 13.1. The van der Waals surface area contributed by atoms with Crippen LogP contribution in [-0.4, -0.2) is 13.0 Å². The topological polar surface area (TPSA) is 51.5 Å². The number of rotatable bonds is 3. The standard InChI is InChI=1S/C14H15NO3/c1-9-4-6-11(7-5-9)12-8-10(2)13(18-12)14(16)15-17-3/h4-8H,1-3H3,(H,15,16). The van der Waals surface area contributed by atoms with Crippen molar-refractivity contribution in [2.45, 2.75) is 13.8 Å². The molecule has 0 aliphatic rings. The van der Waals surface area contributed by atoms with Gasteiger partial charge in [-0.1, -0.05) is 29.8 Å². The van der Waals surface area contributed by atoms with Gasteiger partial charge in [-0.05, 0) is 19.9 Å². The van der Waals surface area contributed by atoms with Gasteiger partial charge in [0.2, 0.25) is 0 Å². The molecular formula is C14H15NO3. The molecule has 4 heteroatoms. The third-order valence-corrected chi connectivity index (χ3v) is 2.65. The minimum Gasteiger partial charge on any atom is -0.451 e. The molecule has 0 unspecified atom stereocenters. The first-order valence-corrected chi connectivity index (χ1v) is 5.62. The SMILES string of the molecule is CONC(=O)c1oc(-c2ccc(C)cc2)cc1C. The molecule has 0 saturated carbocycles. The van der Waals surface area contributed by atoms with Crippen LogP contribution in [0.3, 0.4) is 0 Å². The van der Waals surface area contributed by atoms with Crippen molar-refractivity contribution in [3.8, 4) is 11.3 Å². The van der Waals surface area contributed by atoms with Gasteiger partial charge in [-0.25, -0.2) is 5.48 Å². The molecular weight excluding hydrogens is 230 g/mol. The van der Waals surface area contributed by atoms with E-state index in [1.165, 1.54) is 12.7 Å². The smallest absolute Gasteiger partial charge is 0.310 e. The zero-order valence-electron chi connectivity index (χ0n) is 10.6. The second-order valence-corrected chi connectivity index (χ2v) is 4.12. The molecule has 0 saturated heterocycles. The quantitative estimate of drug-likeness (QED) is 0.846. The maximum atomic E-state index is 11.6. The maximum absolute atomic E-state index is 11.6. The molecule has 0 atom stereocenters. The number of hydrogen-bond donors (Lipinski definition) is 1. The predicted octanol–water partition coefficient (Wildman–Crippen LogP) is 2.85. The first-order chi connectivity index (χ1) is 8.61. The van der Waals surface area contributed by atoms with Crippen molar-refractivity contribution in [1.82, 2.24) is 5.48 Å². The van der Waals surface area contributed by atoms with Crippen LogP contribution in [-0.2, 0) is 4.84 Å². The first-order valence-electron chi connectivity index (χ1n) is 5.62. The van der Waals surface area contributed by atoms with Gasteiger partial charge in [-0.2, -0.15) is 0 Å². The summed E-state index contributed by atoms with van der Waals surface area (Å²) in [5, 5.41) is 0. The summed E-state index contributed by atoms with van der Waals surface area (Å²) in [7, 11) is 1.39. The Morgan fingerprint density at radius 3 is 2.50 bits per heavy atom. The minimum absolute atomic E-state index is 0.271. The number of aryl methyl sites for hydroxylation is 2. The lowest BCUT2D eigenvalue weighted by Crippen LogP contribution is -2.21. The number of nitrogens with one attached hydrogen (secondary N) is 1. The highest BCUT2D eigenvalue weighted by molar-refractivity contribution is 5.92. The fourth-order valence-electron chi connectivity index (χ4n) is 1.71. The average Bonchev–Trinajstić information content (AvgIpc) is 2.72. The molecule has 0 radical (unpaired) electrons. The van der Waals surface area contributed by atoms with Crippen LogP contribution in [0, 0.1) is 13.8 Å². The monoisotopic (exact) mass is 245 g/mol. The van der Waals surface area contributed by atoms with E-state index in [2.05, 4.69) is 10.3 Å². The van der Waals surface area contributed by atoms with E-state index in [0.717, 1.165) is 11.1 Å². The Bertz CT molecular complexity index is 555.